The molecule has 0 bridgehead atoms. The lowest BCUT2D eigenvalue weighted by Gasteiger charge is -2.25. The first-order chi connectivity index (χ1) is 15.0. The number of rotatable bonds is 6. The number of hydrogen-bond donors (Lipinski definition) is 0. The third kappa shape index (κ3) is 4.78. The van der Waals surface area contributed by atoms with E-state index in [0.717, 1.165) is 22.4 Å². The standard InChI is InChI=1S/C25H22ClFN2O2/c1-17-8-2-4-10-20(17)24-14-19(31-28-24)16-29(15-18-9-3-6-12-22(18)26)25(30)21-11-5-7-13-23(21)27/h2-13,19H,14-16H2,1H3/t19-/m1/s1. The van der Waals surface area contributed by atoms with Crippen LogP contribution in [-0.4, -0.2) is 29.2 Å². The molecule has 3 aromatic rings. The lowest BCUT2D eigenvalue weighted by molar-refractivity contribution is 0.0402. The summed E-state index contributed by atoms with van der Waals surface area (Å²) >= 11 is 6.32. The van der Waals surface area contributed by atoms with Crippen molar-refractivity contribution in [2.75, 3.05) is 6.54 Å². The fourth-order valence-electron chi connectivity index (χ4n) is 3.68. The maximum absolute atomic E-state index is 14.3. The normalized spacial score (nSPS) is 15.3. The monoisotopic (exact) mass is 436 g/mol. The average molecular weight is 437 g/mol. The van der Waals surface area contributed by atoms with Crippen molar-refractivity contribution in [3.05, 3.63) is 106 Å². The van der Waals surface area contributed by atoms with Crippen molar-refractivity contribution in [3.63, 3.8) is 0 Å². The maximum Gasteiger partial charge on any atom is 0.257 e. The molecule has 158 valence electrons. The summed E-state index contributed by atoms with van der Waals surface area (Å²) < 4.78 is 14.3. The van der Waals surface area contributed by atoms with Crippen LogP contribution in [-0.2, 0) is 11.4 Å². The number of carbonyl (C=O) groups is 1. The smallest absolute Gasteiger partial charge is 0.257 e. The summed E-state index contributed by atoms with van der Waals surface area (Å²) in [6.07, 6.45) is 0.238. The fraction of sp³-hybridized carbons (Fsp3) is 0.200. The van der Waals surface area contributed by atoms with Gasteiger partial charge in [0.2, 0.25) is 0 Å². The minimum atomic E-state index is -0.555. The first-order valence-corrected chi connectivity index (χ1v) is 10.5. The molecule has 1 heterocycles. The Bertz CT molecular complexity index is 1130. The van der Waals surface area contributed by atoms with Gasteiger partial charge in [-0.25, -0.2) is 4.39 Å². The summed E-state index contributed by atoms with van der Waals surface area (Å²) in [5.74, 6) is -0.966. The van der Waals surface area contributed by atoms with Crippen LogP contribution in [0.1, 0.15) is 33.5 Å². The van der Waals surface area contributed by atoms with Gasteiger partial charge >= 0.3 is 0 Å². The Morgan fingerprint density at radius 3 is 2.58 bits per heavy atom. The quantitative estimate of drug-likeness (QED) is 0.503. The van der Waals surface area contributed by atoms with Gasteiger partial charge in [-0.05, 0) is 36.2 Å². The third-order valence-corrected chi connectivity index (χ3v) is 5.69. The van der Waals surface area contributed by atoms with Crippen LogP contribution in [0.25, 0.3) is 0 Å². The van der Waals surface area contributed by atoms with Gasteiger partial charge in [0.25, 0.3) is 5.91 Å². The van der Waals surface area contributed by atoms with Crippen LogP contribution >= 0.6 is 11.6 Å². The first kappa shape index (κ1) is 21.1. The van der Waals surface area contributed by atoms with Crippen LogP contribution < -0.4 is 0 Å². The largest absolute Gasteiger partial charge is 0.390 e. The molecular formula is C25H22ClFN2O2. The van der Waals surface area contributed by atoms with Crippen LogP contribution in [0.15, 0.2) is 78.0 Å². The van der Waals surface area contributed by atoms with Gasteiger partial charge in [0.1, 0.15) is 5.82 Å². The zero-order valence-electron chi connectivity index (χ0n) is 17.1. The highest BCUT2D eigenvalue weighted by Crippen LogP contribution is 2.24. The molecule has 0 saturated heterocycles. The SMILES string of the molecule is Cc1ccccc1C1=NO[C@@H](CN(Cc2ccccc2Cl)C(=O)c2ccccc2F)C1. The highest BCUT2D eigenvalue weighted by atomic mass is 35.5. The molecule has 4 rings (SSSR count). The number of halogens is 2. The molecule has 6 heteroatoms. The van der Waals surface area contributed by atoms with E-state index in [1.807, 2.05) is 49.4 Å². The molecule has 0 aliphatic carbocycles. The first-order valence-electron chi connectivity index (χ1n) is 10.1. The average Bonchev–Trinajstić information content (AvgIpc) is 3.23. The number of amides is 1. The van der Waals surface area contributed by atoms with E-state index in [1.165, 1.54) is 12.1 Å². The molecule has 0 N–H and O–H groups in total. The van der Waals surface area contributed by atoms with Crippen molar-refractivity contribution in [3.8, 4) is 0 Å². The van der Waals surface area contributed by atoms with Crippen LogP contribution in [0.5, 0.6) is 0 Å². The number of nitrogens with zero attached hydrogens (tertiary/aromatic N) is 2. The predicted molar refractivity (Wildman–Crippen MR) is 120 cm³/mol. The Hall–Kier alpha value is -3.18. The summed E-state index contributed by atoms with van der Waals surface area (Å²) in [6.45, 7) is 2.53. The second kappa shape index (κ2) is 9.31. The van der Waals surface area contributed by atoms with Gasteiger partial charge in [0.05, 0.1) is 17.8 Å². The Kier molecular flexibility index (Phi) is 6.33. The topological polar surface area (TPSA) is 41.9 Å². The van der Waals surface area contributed by atoms with Crippen LogP contribution in [0.2, 0.25) is 5.02 Å². The lowest BCUT2D eigenvalue weighted by Crippen LogP contribution is -2.37. The van der Waals surface area contributed by atoms with Crippen molar-refractivity contribution < 1.29 is 14.0 Å². The fourth-order valence-corrected chi connectivity index (χ4v) is 3.88. The van der Waals surface area contributed by atoms with Gasteiger partial charge in [0, 0.05) is 23.6 Å². The van der Waals surface area contributed by atoms with E-state index in [-0.39, 0.29) is 24.8 Å². The van der Waals surface area contributed by atoms with Crippen LogP contribution in [0.4, 0.5) is 4.39 Å². The van der Waals surface area contributed by atoms with E-state index in [1.54, 1.807) is 23.1 Å². The van der Waals surface area contributed by atoms with Crippen molar-refractivity contribution in [1.29, 1.82) is 0 Å². The minimum absolute atomic E-state index is 0.0209. The van der Waals surface area contributed by atoms with Gasteiger partial charge in [-0.1, -0.05) is 71.4 Å². The Balaban J connectivity index is 1.55. The van der Waals surface area contributed by atoms with E-state index in [9.17, 15) is 9.18 Å². The molecule has 1 aliphatic rings. The second-order valence-electron chi connectivity index (χ2n) is 7.54. The van der Waals surface area contributed by atoms with Gasteiger partial charge in [-0.2, -0.15) is 0 Å². The van der Waals surface area contributed by atoms with Gasteiger partial charge in [0.15, 0.2) is 6.10 Å². The number of hydrogen-bond acceptors (Lipinski definition) is 3. The molecule has 0 aromatic heterocycles. The summed E-state index contributed by atoms with van der Waals surface area (Å²) in [4.78, 5) is 20.5. The molecule has 4 nitrogen and oxygen atoms in total. The summed E-state index contributed by atoms with van der Waals surface area (Å²) in [6, 6.07) is 21.3. The van der Waals surface area contributed by atoms with Crippen molar-refractivity contribution in [1.82, 2.24) is 4.90 Å². The molecule has 1 atom stereocenters. The lowest BCUT2D eigenvalue weighted by atomic mass is 10.00. The second-order valence-corrected chi connectivity index (χ2v) is 7.95. The maximum atomic E-state index is 14.3. The zero-order chi connectivity index (χ0) is 21.8. The molecule has 1 aliphatic heterocycles. The van der Waals surface area contributed by atoms with Crippen molar-refractivity contribution >= 4 is 23.2 Å². The number of oxime groups is 1. The van der Waals surface area contributed by atoms with Gasteiger partial charge in [-0.15, -0.1) is 0 Å². The molecule has 0 radical (unpaired) electrons. The molecule has 0 spiro atoms. The molecule has 31 heavy (non-hydrogen) atoms. The number of carbonyl (C=O) groups excluding carboxylic acids is 1. The zero-order valence-corrected chi connectivity index (χ0v) is 17.8. The Morgan fingerprint density at radius 2 is 1.81 bits per heavy atom. The highest BCUT2D eigenvalue weighted by Gasteiger charge is 2.29. The molecule has 0 fully saturated rings. The van der Waals surface area contributed by atoms with Crippen molar-refractivity contribution in [2.24, 2.45) is 5.16 Å². The van der Waals surface area contributed by atoms with Crippen molar-refractivity contribution in [2.45, 2.75) is 26.0 Å². The highest BCUT2D eigenvalue weighted by molar-refractivity contribution is 6.31. The minimum Gasteiger partial charge on any atom is -0.390 e. The summed E-state index contributed by atoms with van der Waals surface area (Å²) in [7, 11) is 0. The van der Waals surface area contributed by atoms with Gasteiger partial charge in [-0.3, -0.25) is 4.79 Å². The predicted octanol–water partition coefficient (Wildman–Crippen LogP) is 5.62. The molecule has 1 amide bonds. The van der Waals surface area contributed by atoms with E-state index >= 15 is 0 Å². The van der Waals surface area contributed by atoms with E-state index in [4.69, 9.17) is 16.4 Å². The van der Waals surface area contributed by atoms with Crippen LogP contribution in [0.3, 0.4) is 0 Å². The van der Waals surface area contributed by atoms with E-state index < -0.39 is 11.7 Å². The summed E-state index contributed by atoms with van der Waals surface area (Å²) in [5.41, 5.74) is 3.79. The van der Waals surface area contributed by atoms with E-state index in [2.05, 4.69) is 5.16 Å². The Morgan fingerprint density at radius 1 is 1.10 bits per heavy atom. The molecular weight excluding hydrogens is 415 g/mol. The van der Waals surface area contributed by atoms with E-state index in [0.29, 0.717) is 11.4 Å². The molecule has 0 unspecified atom stereocenters. The molecule has 0 saturated carbocycles. The number of benzene rings is 3. The van der Waals surface area contributed by atoms with Gasteiger partial charge < -0.3 is 9.74 Å². The Labute approximate surface area is 185 Å². The summed E-state index contributed by atoms with van der Waals surface area (Å²) in [5, 5.41) is 4.81. The number of aryl methyl sites for hydroxylation is 1. The molecule has 3 aromatic carbocycles. The third-order valence-electron chi connectivity index (χ3n) is 5.32. The van der Waals surface area contributed by atoms with Crippen LogP contribution in [0, 0.1) is 12.7 Å².